The fourth-order valence-electron chi connectivity index (χ4n) is 3.39. The van der Waals surface area contributed by atoms with Crippen LogP contribution in [0.1, 0.15) is 84.0 Å². The van der Waals surface area contributed by atoms with Crippen molar-refractivity contribution in [2.75, 3.05) is 60.0 Å². The van der Waals surface area contributed by atoms with Crippen molar-refractivity contribution in [2.24, 2.45) is 0 Å². The van der Waals surface area contributed by atoms with Crippen LogP contribution in [0.25, 0.3) is 0 Å². The Morgan fingerprint density at radius 3 is 2.06 bits per heavy atom. The molecule has 1 unspecified atom stereocenters. The molecule has 0 amide bonds. The normalized spacial score (nSPS) is 12.3. The zero-order valence-corrected chi connectivity index (χ0v) is 22.2. The van der Waals surface area contributed by atoms with Gasteiger partial charge in [-0.05, 0) is 25.7 Å². The van der Waals surface area contributed by atoms with Gasteiger partial charge in [-0.15, -0.1) is 0 Å². The molecule has 0 spiro atoms. The predicted octanol–water partition coefficient (Wildman–Crippen LogP) is 4.41. The second-order valence-electron chi connectivity index (χ2n) is 8.44. The third-order valence-electron chi connectivity index (χ3n) is 5.42. The Hall–Kier alpha value is -1.32. The highest BCUT2D eigenvalue weighted by Gasteiger charge is 2.17. The number of carbonyl (C=O) groups excluding carboxylic acids is 2. The van der Waals surface area contributed by atoms with Crippen LogP contribution in [0.4, 0.5) is 0 Å². The number of allylic oxidation sites excluding steroid dienone is 2. The molecule has 0 bridgehead atoms. The van der Waals surface area contributed by atoms with E-state index in [9.17, 15) is 9.59 Å². The van der Waals surface area contributed by atoms with E-state index in [0.717, 1.165) is 64.2 Å². The van der Waals surface area contributed by atoms with Gasteiger partial charge in [-0.1, -0.05) is 57.6 Å². The van der Waals surface area contributed by atoms with E-state index in [-0.39, 0.29) is 24.5 Å². The first-order chi connectivity index (χ1) is 17.2. The van der Waals surface area contributed by atoms with E-state index in [1.807, 2.05) is 6.08 Å². The van der Waals surface area contributed by atoms with Crippen LogP contribution in [0.5, 0.6) is 0 Å². The van der Waals surface area contributed by atoms with Crippen LogP contribution in [0, 0.1) is 0 Å². The van der Waals surface area contributed by atoms with E-state index in [1.165, 1.54) is 7.11 Å². The molecule has 0 aromatic rings. The summed E-state index contributed by atoms with van der Waals surface area (Å²) in [5, 5.41) is 8.61. The van der Waals surface area contributed by atoms with Gasteiger partial charge in [-0.3, -0.25) is 9.59 Å². The summed E-state index contributed by atoms with van der Waals surface area (Å²) in [4.78, 5) is 23.7. The van der Waals surface area contributed by atoms with Gasteiger partial charge in [-0.2, -0.15) is 0 Å². The predicted molar refractivity (Wildman–Crippen MR) is 137 cm³/mol. The van der Waals surface area contributed by atoms with Crippen molar-refractivity contribution in [1.82, 2.24) is 0 Å². The van der Waals surface area contributed by atoms with Crippen molar-refractivity contribution in [1.29, 1.82) is 0 Å². The zero-order valence-electron chi connectivity index (χ0n) is 22.2. The van der Waals surface area contributed by atoms with Gasteiger partial charge in [0.15, 0.2) is 5.78 Å². The molecule has 0 aromatic heterocycles. The van der Waals surface area contributed by atoms with Crippen LogP contribution in [0.3, 0.4) is 0 Å². The summed E-state index contributed by atoms with van der Waals surface area (Å²) in [5.74, 6) is -0.00361. The van der Waals surface area contributed by atoms with Gasteiger partial charge in [-0.25, -0.2) is 0 Å². The highest BCUT2D eigenvalue weighted by atomic mass is 16.6. The Morgan fingerprint density at radius 2 is 1.40 bits per heavy atom. The number of esters is 1. The van der Waals surface area contributed by atoms with Crippen LogP contribution in [0.15, 0.2) is 12.2 Å². The number of hydrogen-bond donors (Lipinski definition) is 1. The molecular formula is C27H50O8. The van der Waals surface area contributed by atoms with E-state index in [0.29, 0.717) is 59.1 Å². The average Bonchev–Trinajstić information content (AvgIpc) is 2.86. The molecule has 0 aliphatic heterocycles. The summed E-state index contributed by atoms with van der Waals surface area (Å²) < 4.78 is 26.5. The summed E-state index contributed by atoms with van der Waals surface area (Å²) in [6, 6.07) is 0. The molecule has 0 aromatic carbocycles. The third-order valence-corrected chi connectivity index (χ3v) is 5.42. The lowest BCUT2D eigenvalue weighted by atomic mass is 10.0. The molecule has 0 fully saturated rings. The molecule has 0 saturated heterocycles. The van der Waals surface area contributed by atoms with E-state index >= 15 is 0 Å². The Morgan fingerprint density at radius 1 is 0.771 bits per heavy atom. The van der Waals surface area contributed by atoms with Gasteiger partial charge >= 0.3 is 5.97 Å². The Bertz CT molecular complexity index is 509. The molecule has 0 radical (unpaired) electrons. The van der Waals surface area contributed by atoms with Crippen molar-refractivity contribution in [3.05, 3.63) is 12.2 Å². The van der Waals surface area contributed by atoms with Gasteiger partial charge in [0.2, 0.25) is 0 Å². The Kier molecular flexibility index (Phi) is 26.2. The number of hydrogen-bond acceptors (Lipinski definition) is 8. The lowest BCUT2D eigenvalue weighted by Gasteiger charge is -2.16. The molecule has 1 atom stereocenters. The number of aliphatic hydroxyl groups is 1. The number of ketones is 1. The smallest absolute Gasteiger partial charge is 0.305 e. The fourth-order valence-corrected chi connectivity index (χ4v) is 3.39. The lowest BCUT2D eigenvalue weighted by Crippen LogP contribution is -2.26. The molecular weight excluding hydrogens is 452 g/mol. The SMILES string of the molecule is CCCCCC(OCCOCCOCCOCCO)C(=O)C/C=C/CCCCCCCC(=O)OC. The van der Waals surface area contributed by atoms with Crippen molar-refractivity contribution in [2.45, 2.75) is 90.1 Å². The molecule has 1 N–H and O–H groups in total. The topological polar surface area (TPSA) is 101 Å². The average molecular weight is 503 g/mol. The standard InChI is InChI=1S/C27H50O8/c1-3-4-11-15-26(35-24-23-34-22-21-33-20-19-32-18-17-28)25(29)14-12-9-7-5-6-8-10-13-16-27(30)31-2/h9,12,26,28H,3-8,10-11,13-24H2,1-2H3/b12-9+. The maximum Gasteiger partial charge on any atom is 0.305 e. The number of unbranched alkanes of at least 4 members (excludes halogenated alkanes) is 7. The largest absolute Gasteiger partial charge is 0.469 e. The lowest BCUT2D eigenvalue weighted by molar-refractivity contribution is -0.140. The van der Waals surface area contributed by atoms with E-state index < -0.39 is 0 Å². The second kappa shape index (κ2) is 27.3. The van der Waals surface area contributed by atoms with Crippen LogP contribution >= 0.6 is 0 Å². The molecule has 0 aliphatic carbocycles. The van der Waals surface area contributed by atoms with Crippen molar-refractivity contribution >= 4 is 11.8 Å². The van der Waals surface area contributed by atoms with E-state index in [2.05, 4.69) is 17.7 Å². The monoisotopic (exact) mass is 502 g/mol. The first-order valence-electron chi connectivity index (χ1n) is 13.4. The van der Waals surface area contributed by atoms with E-state index in [4.69, 9.17) is 24.1 Å². The van der Waals surface area contributed by atoms with Crippen LogP contribution in [0.2, 0.25) is 0 Å². The zero-order chi connectivity index (χ0) is 25.8. The minimum Gasteiger partial charge on any atom is -0.469 e. The maximum atomic E-state index is 12.6. The number of methoxy groups -OCH3 is 1. The first kappa shape index (κ1) is 33.7. The second-order valence-corrected chi connectivity index (χ2v) is 8.44. The van der Waals surface area contributed by atoms with Crippen molar-refractivity contribution in [3.63, 3.8) is 0 Å². The molecule has 0 heterocycles. The molecule has 0 saturated carbocycles. The van der Waals surface area contributed by atoms with Crippen LogP contribution in [-0.4, -0.2) is 82.9 Å². The summed E-state index contributed by atoms with van der Waals surface area (Å²) >= 11 is 0. The van der Waals surface area contributed by atoms with E-state index in [1.54, 1.807) is 0 Å². The highest BCUT2D eigenvalue weighted by Crippen LogP contribution is 2.12. The molecule has 35 heavy (non-hydrogen) atoms. The molecule has 0 rings (SSSR count). The summed E-state index contributed by atoms with van der Waals surface area (Å²) in [6.45, 7) is 5.17. The number of rotatable bonds is 27. The Labute approximate surface area is 212 Å². The first-order valence-corrected chi connectivity index (χ1v) is 13.4. The summed E-state index contributed by atoms with van der Waals surface area (Å²) in [6.07, 6.45) is 14.8. The van der Waals surface area contributed by atoms with Gasteiger partial charge in [0.25, 0.3) is 0 Å². The van der Waals surface area contributed by atoms with Gasteiger partial charge in [0, 0.05) is 12.8 Å². The fraction of sp³-hybridized carbons (Fsp3) is 0.852. The van der Waals surface area contributed by atoms with Crippen LogP contribution in [-0.2, 0) is 33.3 Å². The number of carbonyl (C=O) groups is 2. The quantitative estimate of drug-likeness (QED) is 0.100. The third kappa shape index (κ3) is 24.2. The molecule has 0 aliphatic rings. The van der Waals surface area contributed by atoms with Gasteiger partial charge in [0.1, 0.15) is 6.10 Å². The number of aliphatic hydroxyl groups excluding tert-OH is 1. The van der Waals surface area contributed by atoms with Crippen molar-refractivity contribution < 1.29 is 38.4 Å². The van der Waals surface area contributed by atoms with Gasteiger partial charge in [0.05, 0.1) is 60.0 Å². The minimum atomic E-state index is -0.371. The number of ether oxygens (including phenoxy) is 5. The van der Waals surface area contributed by atoms with Crippen LogP contribution < -0.4 is 0 Å². The molecule has 206 valence electrons. The maximum absolute atomic E-state index is 12.6. The Balaban J connectivity index is 3.90. The molecule has 8 nitrogen and oxygen atoms in total. The minimum absolute atomic E-state index is 0.0171. The summed E-state index contributed by atoms with van der Waals surface area (Å²) in [5.41, 5.74) is 0. The van der Waals surface area contributed by atoms with Gasteiger partial charge < -0.3 is 28.8 Å². The van der Waals surface area contributed by atoms with Crippen molar-refractivity contribution in [3.8, 4) is 0 Å². The summed E-state index contributed by atoms with van der Waals surface area (Å²) in [7, 11) is 1.42. The number of Topliss-reactive ketones (excluding diaryl/α,β-unsaturated/α-hetero) is 1. The molecule has 8 heteroatoms. The highest BCUT2D eigenvalue weighted by molar-refractivity contribution is 5.84.